The Hall–Kier alpha value is -1.26. The van der Waals surface area contributed by atoms with Crippen LogP contribution in [0.5, 0.6) is 0 Å². The van der Waals surface area contributed by atoms with Gasteiger partial charge in [0.1, 0.15) is 0 Å². The summed E-state index contributed by atoms with van der Waals surface area (Å²) in [7, 11) is 1.66. The number of ether oxygens (including phenoxy) is 1. The summed E-state index contributed by atoms with van der Waals surface area (Å²) >= 11 is 6.10. The summed E-state index contributed by atoms with van der Waals surface area (Å²) in [6.07, 6.45) is 4.53. The third-order valence-electron chi connectivity index (χ3n) is 3.99. The molecule has 116 valence electrons. The molecule has 1 aliphatic rings. The zero-order valence-electron chi connectivity index (χ0n) is 12.7. The van der Waals surface area contributed by atoms with Gasteiger partial charge in [0, 0.05) is 30.4 Å². The normalized spacial score (nSPS) is 15.2. The number of nitrogens with one attached hydrogen (secondary N) is 1. The molecule has 0 aliphatic heterocycles. The minimum atomic E-state index is -0.0705. The van der Waals surface area contributed by atoms with Gasteiger partial charge in [-0.3, -0.25) is 0 Å². The van der Waals surface area contributed by atoms with E-state index in [2.05, 4.69) is 5.32 Å². The molecule has 1 aromatic carbocycles. The molecule has 0 spiro atoms. The van der Waals surface area contributed by atoms with E-state index in [1.807, 2.05) is 24.0 Å². The van der Waals surface area contributed by atoms with Crippen LogP contribution in [0.3, 0.4) is 0 Å². The molecule has 1 saturated carbocycles. The fourth-order valence-electron chi connectivity index (χ4n) is 2.72. The Kier molecular flexibility index (Phi) is 5.88. The molecule has 0 bridgehead atoms. The topological polar surface area (TPSA) is 41.6 Å². The average Bonchev–Trinajstić information content (AvgIpc) is 2.97. The highest BCUT2D eigenvalue weighted by molar-refractivity contribution is 6.31. The maximum absolute atomic E-state index is 12.5. The summed E-state index contributed by atoms with van der Waals surface area (Å²) in [6.45, 7) is 3.11. The molecule has 1 aliphatic carbocycles. The summed E-state index contributed by atoms with van der Waals surface area (Å²) < 4.78 is 5.12. The van der Waals surface area contributed by atoms with Crippen LogP contribution in [0.1, 0.15) is 31.2 Å². The summed E-state index contributed by atoms with van der Waals surface area (Å²) in [4.78, 5) is 14.4. The first-order chi connectivity index (χ1) is 10.1. The second-order valence-electron chi connectivity index (χ2n) is 5.52. The zero-order chi connectivity index (χ0) is 15.2. The summed E-state index contributed by atoms with van der Waals surface area (Å²) in [5, 5.41) is 3.61. The molecule has 0 aromatic heterocycles. The largest absolute Gasteiger partial charge is 0.383 e. The smallest absolute Gasteiger partial charge is 0.322 e. The van der Waals surface area contributed by atoms with Crippen LogP contribution in [0.15, 0.2) is 18.2 Å². The number of amides is 2. The van der Waals surface area contributed by atoms with E-state index in [1.54, 1.807) is 13.2 Å². The van der Waals surface area contributed by atoms with Crippen LogP contribution in [0.25, 0.3) is 0 Å². The molecular formula is C16H23ClN2O2. The number of hydrogen-bond donors (Lipinski definition) is 1. The van der Waals surface area contributed by atoms with Gasteiger partial charge in [-0.2, -0.15) is 0 Å². The van der Waals surface area contributed by atoms with E-state index in [0.717, 1.165) is 24.1 Å². The number of carbonyl (C=O) groups is 1. The van der Waals surface area contributed by atoms with Gasteiger partial charge >= 0.3 is 6.03 Å². The van der Waals surface area contributed by atoms with Crippen LogP contribution < -0.4 is 5.32 Å². The minimum absolute atomic E-state index is 0.0705. The average molecular weight is 311 g/mol. The molecule has 0 heterocycles. The van der Waals surface area contributed by atoms with E-state index in [0.29, 0.717) is 24.2 Å². The number of urea groups is 1. The quantitative estimate of drug-likeness (QED) is 0.890. The van der Waals surface area contributed by atoms with Gasteiger partial charge in [-0.25, -0.2) is 4.79 Å². The van der Waals surface area contributed by atoms with Crippen LogP contribution in [-0.4, -0.2) is 37.2 Å². The van der Waals surface area contributed by atoms with Crippen LogP contribution >= 0.6 is 11.6 Å². The number of carbonyl (C=O) groups excluding carboxylic acids is 1. The van der Waals surface area contributed by atoms with Crippen molar-refractivity contribution in [2.24, 2.45) is 0 Å². The third-order valence-corrected chi connectivity index (χ3v) is 4.39. The van der Waals surface area contributed by atoms with Crippen LogP contribution in [0.4, 0.5) is 10.5 Å². The van der Waals surface area contributed by atoms with E-state index in [1.165, 1.54) is 12.8 Å². The Morgan fingerprint density at radius 1 is 1.43 bits per heavy atom. The summed E-state index contributed by atoms with van der Waals surface area (Å²) in [5.41, 5.74) is 1.73. The minimum Gasteiger partial charge on any atom is -0.383 e. The van der Waals surface area contributed by atoms with Gasteiger partial charge in [0.05, 0.1) is 6.61 Å². The first-order valence-electron chi connectivity index (χ1n) is 7.44. The molecule has 4 nitrogen and oxygen atoms in total. The molecule has 21 heavy (non-hydrogen) atoms. The highest BCUT2D eigenvalue weighted by Crippen LogP contribution is 2.25. The molecule has 5 heteroatoms. The van der Waals surface area contributed by atoms with E-state index >= 15 is 0 Å². The van der Waals surface area contributed by atoms with Gasteiger partial charge in [0.15, 0.2) is 0 Å². The lowest BCUT2D eigenvalue weighted by Gasteiger charge is -2.29. The number of rotatable bonds is 5. The SMILES string of the molecule is COCCN(C(=O)Nc1ccc(C)c(Cl)c1)C1CCCC1. The maximum atomic E-state index is 12.5. The van der Waals surface area contributed by atoms with Crippen molar-refractivity contribution in [2.75, 3.05) is 25.6 Å². The predicted octanol–water partition coefficient (Wildman–Crippen LogP) is 4.07. The van der Waals surface area contributed by atoms with Crippen molar-refractivity contribution in [1.29, 1.82) is 0 Å². The lowest BCUT2D eigenvalue weighted by Crippen LogP contribution is -2.43. The van der Waals surface area contributed by atoms with Crippen molar-refractivity contribution in [3.63, 3.8) is 0 Å². The number of methoxy groups -OCH3 is 1. The van der Waals surface area contributed by atoms with E-state index in [9.17, 15) is 4.79 Å². The first kappa shape index (κ1) is 16.1. The van der Waals surface area contributed by atoms with Crippen molar-refractivity contribution >= 4 is 23.3 Å². The number of nitrogens with zero attached hydrogens (tertiary/aromatic N) is 1. The second kappa shape index (κ2) is 7.66. The molecule has 2 amide bonds. The Morgan fingerprint density at radius 2 is 2.14 bits per heavy atom. The highest BCUT2D eigenvalue weighted by atomic mass is 35.5. The van der Waals surface area contributed by atoms with Gasteiger partial charge in [-0.05, 0) is 37.5 Å². The van der Waals surface area contributed by atoms with Crippen molar-refractivity contribution in [1.82, 2.24) is 4.90 Å². The molecule has 1 N–H and O–H groups in total. The van der Waals surface area contributed by atoms with Crippen LogP contribution in [0, 0.1) is 6.92 Å². The molecule has 2 rings (SSSR count). The lowest BCUT2D eigenvalue weighted by molar-refractivity contribution is 0.136. The molecular weight excluding hydrogens is 288 g/mol. The van der Waals surface area contributed by atoms with Gasteiger partial charge < -0.3 is 15.0 Å². The second-order valence-corrected chi connectivity index (χ2v) is 5.93. The van der Waals surface area contributed by atoms with Crippen LogP contribution in [0.2, 0.25) is 5.02 Å². The number of aryl methyl sites for hydroxylation is 1. The number of anilines is 1. The Labute approximate surface area is 131 Å². The maximum Gasteiger partial charge on any atom is 0.322 e. The fraction of sp³-hybridized carbons (Fsp3) is 0.562. The Balaban J connectivity index is 2.04. The van der Waals surface area contributed by atoms with E-state index in [4.69, 9.17) is 16.3 Å². The standard InChI is InChI=1S/C16H23ClN2O2/c1-12-7-8-13(11-15(12)17)18-16(20)19(9-10-21-2)14-5-3-4-6-14/h7-8,11,14H,3-6,9-10H2,1-2H3,(H,18,20). The predicted molar refractivity (Wildman–Crippen MR) is 86.0 cm³/mol. The zero-order valence-corrected chi connectivity index (χ0v) is 13.4. The molecule has 1 aromatic rings. The van der Waals surface area contributed by atoms with Crippen molar-refractivity contribution in [3.05, 3.63) is 28.8 Å². The number of halogens is 1. The summed E-state index contributed by atoms with van der Waals surface area (Å²) in [6, 6.07) is 5.83. The van der Waals surface area contributed by atoms with E-state index < -0.39 is 0 Å². The lowest BCUT2D eigenvalue weighted by atomic mass is 10.2. The Morgan fingerprint density at radius 3 is 2.76 bits per heavy atom. The van der Waals surface area contributed by atoms with Crippen LogP contribution in [-0.2, 0) is 4.74 Å². The molecule has 0 unspecified atom stereocenters. The number of hydrogen-bond acceptors (Lipinski definition) is 2. The molecule has 0 radical (unpaired) electrons. The van der Waals surface area contributed by atoms with Gasteiger partial charge in [0.2, 0.25) is 0 Å². The highest BCUT2D eigenvalue weighted by Gasteiger charge is 2.26. The fourth-order valence-corrected chi connectivity index (χ4v) is 2.90. The van der Waals surface area contributed by atoms with Gasteiger partial charge in [-0.15, -0.1) is 0 Å². The van der Waals surface area contributed by atoms with Crippen molar-refractivity contribution in [3.8, 4) is 0 Å². The van der Waals surface area contributed by atoms with Crippen molar-refractivity contribution in [2.45, 2.75) is 38.6 Å². The molecule has 0 saturated heterocycles. The first-order valence-corrected chi connectivity index (χ1v) is 7.82. The number of benzene rings is 1. The Bertz CT molecular complexity index is 487. The van der Waals surface area contributed by atoms with Gasteiger partial charge in [0.25, 0.3) is 0 Å². The van der Waals surface area contributed by atoms with E-state index in [-0.39, 0.29) is 6.03 Å². The molecule has 1 fully saturated rings. The third kappa shape index (κ3) is 4.35. The van der Waals surface area contributed by atoms with Crippen molar-refractivity contribution < 1.29 is 9.53 Å². The van der Waals surface area contributed by atoms with Gasteiger partial charge in [-0.1, -0.05) is 30.5 Å². The summed E-state index contributed by atoms with van der Waals surface area (Å²) in [5.74, 6) is 0. The monoisotopic (exact) mass is 310 g/mol. The molecule has 0 atom stereocenters.